The van der Waals surface area contributed by atoms with Crippen molar-refractivity contribution in [2.75, 3.05) is 24.8 Å². The Labute approximate surface area is 165 Å². The summed E-state index contributed by atoms with van der Waals surface area (Å²) >= 11 is 0. The van der Waals surface area contributed by atoms with E-state index in [0.717, 1.165) is 55.1 Å². The third kappa shape index (κ3) is 2.72. The lowest BCUT2D eigenvalue weighted by molar-refractivity contribution is 0.0382. The molecule has 1 saturated heterocycles. The van der Waals surface area contributed by atoms with Crippen LogP contribution in [0, 0.1) is 0 Å². The summed E-state index contributed by atoms with van der Waals surface area (Å²) in [6, 6.07) is 14.2. The van der Waals surface area contributed by atoms with Crippen LogP contribution in [0.1, 0.15) is 48.5 Å². The second-order valence-corrected chi connectivity index (χ2v) is 8.09. The predicted octanol–water partition coefficient (Wildman–Crippen LogP) is 4.21. The number of aryl methyl sites for hydroxylation is 1. The first-order valence-electron chi connectivity index (χ1n) is 10.2. The van der Waals surface area contributed by atoms with Gasteiger partial charge in [-0.25, -0.2) is 0 Å². The van der Waals surface area contributed by atoms with E-state index in [1.54, 1.807) is 0 Å². The fraction of sp³-hybridized carbons (Fsp3) is 0.435. The van der Waals surface area contributed by atoms with E-state index in [4.69, 9.17) is 9.47 Å². The number of piperidine rings is 1. The van der Waals surface area contributed by atoms with E-state index < -0.39 is 0 Å². The Morgan fingerprint density at radius 2 is 1.93 bits per heavy atom. The van der Waals surface area contributed by atoms with Crippen LogP contribution in [-0.4, -0.2) is 36.4 Å². The van der Waals surface area contributed by atoms with Crippen LogP contribution < -0.4 is 14.4 Å². The monoisotopic (exact) mass is 378 g/mol. The molecule has 2 aromatic carbocycles. The maximum Gasteiger partial charge on any atom is 0.257 e. The van der Waals surface area contributed by atoms with Crippen molar-refractivity contribution in [2.24, 2.45) is 0 Å². The normalized spacial score (nSPS) is 22.8. The summed E-state index contributed by atoms with van der Waals surface area (Å²) in [5.41, 5.74) is 2.94. The Balaban J connectivity index is 1.36. The molecule has 0 aliphatic carbocycles. The largest absolute Gasteiger partial charge is 0.454 e. The van der Waals surface area contributed by atoms with Gasteiger partial charge in [-0.15, -0.1) is 0 Å². The number of para-hydroxylation sites is 1. The molecule has 1 atom stereocenters. The zero-order valence-corrected chi connectivity index (χ0v) is 16.3. The van der Waals surface area contributed by atoms with Gasteiger partial charge < -0.3 is 19.3 Å². The molecule has 1 unspecified atom stereocenters. The minimum atomic E-state index is -0.224. The number of anilines is 1. The first-order chi connectivity index (χ1) is 13.7. The van der Waals surface area contributed by atoms with E-state index in [0.29, 0.717) is 6.79 Å². The van der Waals surface area contributed by atoms with Crippen LogP contribution in [0.15, 0.2) is 42.5 Å². The van der Waals surface area contributed by atoms with Gasteiger partial charge in [0.1, 0.15) is 5.66 Å². The summed E-state index contributed by atoms with van der Waals surface area (Å²) in [5, 5.41) is 0. The smallest absolute Gasteiger partial charge is 0.257 e. The first-order valence-corrected chi connectivity index (χ1v) is 10.2. The molecule has 1 amide bonds. The second kappa shape index (κ2) is 6.73. The van der Waals surface area contributed by atoms with Crippen LogP contribution in [0.2, 0.25) is 0 Å². The molecule has 28 heavy (non-hydrogen) atoms. The fourth-order valence-electron chi connectivity index (χ4n) is 4.90. The number of benzene rings is 2. The van der Waals surface area contributed by atoms with Gasteiger partial charge in [0.15, 0.2) is 11.5 Å². The molecule has 0 radical (unpaired) electrons. The van der Waals surface area contributed by atoms with Crippen molar-refractivity contribution in [3.63, 3.8) is 0 Å². The van der Waals surface area contributed by atoms with Crippen LogP contribution in [0.4, 0.5) is 5.69 Å². The van der Waals surface area contributed by atoms with Crippen molar-refractivity contribution in [3.8, 4) is 11.5 Å². The lowest BCUT2D eigenvalue weighted by atomic mass is 9.89. The number of carbonyl (C=O) groups is 1. The molecule has 0 spiro atoms. The average Bonchev–Trinajstić information content (AvgIpc) is 3.18. The van der Waals surface area contributed by atoms with Crippen LogP contribution >= 0.6 is 0 Å². The van der Waals surface area contributed by atoms with Gasteiger partial charge in [0.2, 0.25) is 6.79 Å². The Kier molecular flexibility index (Phi) is 4.18. The summed E-state index contributed by atoms with van der Waals surface area (Å²) in [5.74, 6) is 1.81. The molecule has 3 aliphatic rings. The highest BCUT2D eigenvalue weighted by Gasteiger charge is 2.47. The van der Waals surface area contributed by atoms with Crippen LogP contribution in [0.3, 0.4) is 0 Å². The molecule has 3 aliphatic heterocycles. The maximum atomic E-state index is 13.3. The van der Waals surface area contributed by atoms with E-state index in [1.807, 2.05) is 24.3 Å². The van der Waals surface area contributed by atoms with Crippen LogP contribution in [0.5, 0.6) is 11.5 Å². The SMILES string of the molecule is CC12CCCCN1c1ccccc1C(=O)N2CCCc1ccc2c(c1)OCO2. The summed E-state index contributed by atoms with van der Waals surface area (Å²) in [7, 11) is 0. The molecular weight excluding hydrogens is 352 g/mol. The highest BCUT2D eigenvalue weighted by atomic mass is 16.7. The van der Waals surface area contributed by atoms with Crippen molar-refractivity contribution in [1.29, 1.82) is 0 Å². The van der Waals surface area contributed by atoms with Gasteiger partial charge in [0.05, 0.1) is 11.3 Å². The molecule has 146 valence electrons. The zero-order chi connectivity index (χ0) is 19.1. The standard InChI is InChI=1S/C23H26N2O3/c1-23-12-4-5-13-24(23)19-9-3-2-8-18(19)22(26)25(23)14-6-7-17-10-11-20-21(15-17)28-16-27-20/h2-3,8-11,15H,4-7,12-14,16H2,1H3. The van der Waals surface area contributed by atoms with Gasteiger partial charge >= 0.3 is 0 Å². The molecule has 0 saturated carbocycles. The van der Waals surface area contributed by atoms with Gasteiger partial charge in [0.25, 0.3) is 5.91 Å². The van der Waals surface area contributed by atoms with Crippen molar-refractivity contribution in [1.82, 2.24) is 4.90 Å². The van der Waals surface area contributed by atoms with Crippen LogP contribution in [0.25, 0.3) is 0 Å². The number of hydrogen-bond donors (Lipinski definition) is 0. The number of hydrogen-bond acceptors (Lipinski definition) is 4. The number of carbonyl (C=O) groups excluding carboxylic acids is 1. The number of fused-ring (bicyclic) bond motifs is 4. The number of ether oxygens (including phenoxy) is 2. The van der Waals surface area contributed by atoms with Crippen molar-refractivity contribution >= 4 is 11.6 Å². The van der Waals surface area contributed by atoms with Crippen molar-refractivity contribution in [3.05, 3.63) is 53.6 Å². The summed E-state index contributed by atoms with van der Waals surface area (Å²) in [6.07, 6.45) is 5.22. The number of amides is 1. The van der Waals surface area contributed by atoms with Gasteiger partial charge in [-0.2, -0.15) is 0 Å². The van der Waals surface area contributed by atoms with Gasteiger partial charge in [-0.05, 0) is 68.9 Å². The Morgan fingerprint density at radius 1 is 1.07 bits per heavy atom. The van der Waals surface area contributed by atoms with E-state index in [1.165, 1.54) is 18.4 Å². The Bertz CT molecular complexity index is 912. The molecule has 0 N–H and O–H groups in total. The van der Waals surface area contributed by atoms with Crippen molar-refractivity contribution in [2.45, 2.75) is 44.7 Å². The highest BCUT2D eigenvalue weighted by Crippen LogP contribution is 2.42. The van der Waals surface area contributed by atoms with E-state index in [-0.39, 0.29) is 11.6 Å². The first kappa shape index (κ1) is 17.4. The number of nitrogens with zero attached hydrogens (tertiary/aromatic N) is 2. The van der Waals surface area contributed by atoms with Crippen molar-refractivity contribution < 1.29 is 14.3 Å². The minimum absolute atomic E-state index is 0.168. The van der Waals surface area contributed by atoms with E-state index in [9.17, 15) is 4.79 Å². The third-order valence-corrected chi connectivity index (χ3v) is 6.40. The Morgan fingerprint density at radius 3 is 2.86 bits per heavy atom. The van der Waals surface area contributed by atoms with Crippen LogP contribution in [-0.2, 0) is 6.42 Å². The summed E-state index contributed by atoms with van der Waals surface area (Å²) < 4.78 is 10.9. The Hall–Kier alpha value is -2.69. The second-order valence-electron chi connectivity index (χ2n) is 8.09. The van der Waals surface area contributed by atoms with E-state index in [2.05, 4.69) is 34.9 Å². The molecule has 0 aromatic heterocycles. The molecule has 2 aromatic rings. The minimum Gasteiger partial charge on any atom is -0.454 e. The molecule has 1 fully saturated rings. The zero-order valence-electron chi connectivity index (χ0n) is 16.3. The lowest BCUT2D eigenvalue weighted by Crippen LogP contribution is -2.66. The molecule has 5 nitrogen and oxygen atoms in total. The molecule has 5 rings (SSSR count). The maximum absolute atomic E-state index is 13.3. The lowest BCUT2D eigenvalue weighted by Gasteiger charge is -2.56. The highest BCUT2D eigenvalue weighted by molar-refractivity contribution is 6.02. The molecule has 0 bridgehead atoms. The molecule has 3 heterocycles. The third-order valence-electron chi connectivity index (χ3n) is 6.40. The molecule has 5 heteroatoms. The van der Waals surface area contributed by atoms with E-state index >= 15 is 0 Å². The molecular formula is C23H26N2O3. The van der Waals surface area contributed by atoms with Gasteiger partial charge in [-0.3, -0.25) is 4.79 Å². The summed E-state index contributed by atoms with van der Waals surface area (Å²) in [4.78, 5) is 17.9. The average molecular weight is 378 g/mol. The van der Waals surface area contributed by atoms with Gasteiger partial charge in [-0.1, -0.05) is 18.2 Å². The fourth-order valence-corrected chi connectivity index (χ4v) is 4.90. The number of rotatable bonds is 4. The van der Waals surface area contributed by atoms with Gasteiger partial charge in [0, 0.05) is 13.1 Å². The quantitative estimate of drug-likeness (QED) is 0.799. The predicted molar refractivity (Wildman–Crippen MR) is 108 cm³/mol. The summed E-state index contributed by atoms with van der Waals surface area (Å²) in [6.45, 7) is 4.31. The topological polar surface area (TPSA) is 42.0 Å².